The predicted octanol–water partition coefficient (Wildman–Crippen LogP) is 3.26. The van der Waals surface area contributed by atoms with E-state index >= 15 is 0 Å². The standard InChI is InChI=1S/C16H22N2O2/c1-11-6-8-16(9-7-11)10-17-12-4-3-5-13(20-2)14(12)18-15(16)19/h3-5,11,17H,6-10H2,1-2H3,(H,18,19). The number of rotatable bonds is 1. The van der Waals surface area contributed by atoms with Gasteiger partial charge in [-0.1, -0.05) is 13.0 Å². The average Bonchev–Trinajstić information content (AvgIpc) is 2.60. The molecular weight excluding hydrogens is 252 g/mol. The van der Waals surface area contributed by atoms with E-state index in [4.69, 9.17) is 4.74 Å². The average molecular weight is 274 g/mol. The fourth-order valence-corrected chi connectivity index (χ4v) is 3.29. The summed E-state index contributed by atoms with van der Waals surface area (Å²) in [5.74, 6) is 1.58. The number of fused-ring (bicyclic) bond motifs is 1. The number of carbonyl (C=O) groups excluding carboxylic acids is 1. The third-order valence-corrected chi connectivity index (χ3v) is 4.81. The maximum Gasteiger partial charge on any atom is 0.232 e. The molecule has 0 saturated heterocycles. The number of hydrogen-bond donors (Lipinski definition) is 2. The van der Waals surface area contributed by atoms with Gasteiger partial charge < -0.3 is 15.4 Å². The van der Waals surface area contributed by atoms with Gasteiger partial charge in [-0.2, -0.15) is 0 Å². The van der Waals surface area contributed by atoms with Gasteiger partial charge in [0.05, 0.1) is 18.2 Å². The Labute approximate surface area is 119 Å². The normalized spacial score (nSPS) is 29.1. The number of carbonyl (C=O) groups is 1. The molecule has 1 saturated carbocycles. The molecular formula is C16H22N2O2. The molecule has 0 radical (unpaired) electrons. The van der Waals surface area contributed by atoms with Crippen LogP contribution in [0.15, 0.2) is 18.2 Å². The number of hydrogen-bond acceptors (Lipinski definition) is 3. The van der Waals surface area contributed by atoms with Crippen molar-refractivity contribution in [3.05, 3.63) is 18.2 Å². The van der Waals surface area contributed by atoms with Crippen molar-refractivity contribution >= 4 is 17.3 Å². The molecule has 0 atom stereocenters. The molecule has 108 valence electrons. The minimum atomic E-state index is -0.267. The molecule has 0 bridgehead atoms. The number of methoxy groups -OCH3 is 1. The molecule has 1 heterocycles. The number of benzene rings is 1. The van der Waals surface area contributed by atoms with Gasteiger partial charge in [-0.15, -0.1) is 0 Å². The second-order valence-electron chi connectivity index (χ2n) is 6.15. The Hall–Kier alpha value is -1.71. The van der Waals surface area contributed by atoms with E-state index in [2.05, 4.69) is 17.6 Å². The van der Waals surface area contributed by atoms with E-state index < -0.39 is 0 Å². The van der Waals surface area contributed by atoms with Gasteiger partial charge in [0.15, 0.2) is 0 Å². The Bertz CT molecular complexity index is 519. The first-order chi connectivity index (χ1) is 9.64. The van der Waals surface area contributed by atoms with Crippen LogP contribution in [0, 0.1) is 11.3 Å². The predicted molar refractivity (Wildman–Crippen MR) is 80.2 cm³/mol. The van der Waals surface area contributed by atoms with Gasteiger partial charge in [-0.05, 0) is 43.7 Å². The van der Waals surface area contributed by atoms with Gasteiger partial charge in [0.2, 0.25) is 5.91 Å². The molecule has 3 rings (SSSR count). The summed E-state index contributed by atoms with van der Waals surface area (Å²) in [5.41, 5.74) is 1.46. The van der Waals surface area contributed by atoms with Crippen LogP contribution >= 0.6 is 0 Å². The molecule has 1 fully saturated rings. The van der Waals surface area contributed by atoms with Crippen LogP contribution in [0.5, 0.6) is 5.75 Å². The summed E-state index contributed by atoms with van der Waals surface area (Å²) in [7, 11) is 1.63. The SMILES string of the molecule is COc1cccc2c1NC(=O)C1(CCC(C)CC1)CN2. The van der Waals surface area contributed by atoms with Crippen molar-refractivity contribution in [1.29, 1.82) is 0 Å². The van der Waals surface area contributed by atoms with Crippen molar-refractivity contribution in [2.24, 2.45) is 11.3 Å². The molecule has 1 aliphatic heterocycles. The van der Waals surface area contributed by atoms with Crippen LogP contribution in [0.25, 0.3) is 0 Å². The molecule has 1 spiro atoms. The van der Waals surface area contributed by atoms with Gasteiger partial charge in [0, 0.05) is 6.54 Å². The summed E-state index contributed by atoms with van der Waals surface area (Å²) in [6, 6.07) is 5.81. The fraction of sp³-hybridized carbons (Fsp3) is 0.562. The molecule has 1 amide bonds. The highest BCUT2D eigenvalue weighted by molar-refractivity contribution is 6.01. The second-order valence-corrected chi connectivity index (χ2v) is 6.15. The number of anilines is 2. The van der Waals surface area contributed by atoms with Gasteiger partial charge >= 0.3 is 0 Å². The largest absolute Gasteiger partial charge is 0.494 e. The van der Waals surface area contributed by atoms with Crippen LogP contribution in [-0.2, 0) is 4.79 Å². The van der Waals surface area contributed by atoms with E-state index in [9.17, 15) is 4.79 Å². The van der Waals surface area contributed by atoms with Crippen molar-refractivity contribution < 1.29 is 9.53 Å². The Kier molecular flexibility index (Phi) is 3.32. The second kappa shape index (κ2) is 5.00. The lowest BCUT2D eigenvalue weighted by molar-refractivity contribution is -0.126. The summed E-state index contributed by atoms with van der Waals surface area (Å²) >= 11 is 0. The molecule has 2 aliphatic rings. The molecule has 0 unspecified atom stereocenters. The van der Waals surface area contributed by atoms with Crippen molar-refractivity contribution in [2.45, 2.75) is 32.6 Å². The van der Waals surface area contributed by atoms with Crippen LogP contribution < -0.4 is 15.4 Å². The maximum atomic E-state index is 12.7. The number of ether oxygens (including phenoxy) is 1. The van der Waals surface area contributed by atoms with Crippen molar-refractivity contribution in [3.8, 4) is 5.75 Å². The van der Waals surface area contributed by atoms with E-state index in [-0.39, 0.29) is 11.3 Å². The topological polar surface area (TPSA) is 50.4 Å². The third kappa shape index (κ3) is 2.13. The zero-order valence-electron chi connectivity index (χ0n) is 12.2. The summed E-state index contributed by atoms with van der Waals surface area (Å²) in [6.45, 7) is 2.98. The van der Waals surface area contributed by atoms with E-state index in [1.807, 2.05) is 18.2 Å². The van der Waals surface area contributed by atoms with Crippen molar-refractivity contribution in [1.82, 2.24) is 0 Å². The van der Waals surface area contributed by atoms with E-state index in [1.54, 1.807) is 7.11 Å². The molecule has 4 nitrogen and oxygen atoms in total. The van der Waals surface area contributed by atoms with E-state index in [1.165, 1.54) is 0 Å². The first kappa shape index (κ1) is 13.3. The summed E-state index contributed by atoms with van der Waals surface area (Å²) in [6.07, 6.45) is 4.18. The highest BCUT2D eigenvalue weighted by atomic mass is 16.5. The molecule has 2 N–H and O–H groups in total. The number of nitrogens with one attached hydrogen (secondary N) is 2. The van der Waals surface area contributed by atoms with Crippen LogP contribution in [-0.4, -0.2) is 19.6 Å². The summed E-state index contributed by atoms with van der Waals surface area (Å²) in [5, 5.41) is 6.53. The minimum absolute atomic E-state index is 0.139. The zero-order chi connectivity index (χ0) is 14.2. The molecule has 0 aromatic heterocycles. The number of para-hydroxylation sites is 1. The molecule has 1 aromatic carbocycles. The Balaban J connectivity index is 1.91. The van der Waals surface area contributed by atoms with E-state index in [0.29, 0.717) is 12.3 Å². The van der Waals surface area contributed by atoms with Crippen LogP contribution in [0.2, 0.25) is 0 Å². The van der Waals surface area contributed by atoms with Gasteiger partial charge in [0.25, 0.3) is 0 Å². The Morgan fingerprint density at radius 2 is 2.05 bits per heavy atom. The smallest absolute Gasteiger partial charge is 0.232 e. The van der Waals surface area contributed by atoms with Gasteiger partial charge in [-0.25, -0.2) is 0 Å². The van der Waals surface area contributed by atoms with Gasteiger partial charge in [-0.3, -0.25) is 4.79 Å². The zero-order valence-corrected chi connectivity index (χ0v) is 12.2. The lowest BCUT2D eigenvalue weighted by Gasteiger charge is -2.36. The van der Waals surface area contributed by atoms with E-state index in [0.717, 1.165) is 43.0 Å². The fourth-order valence-electron chi connectivity index (χ4n) is 3.29. The maximum absolute atomic E-state index is 12.7. The lowest BCUT2D eigenvalue weighted by atomic mass is 9.70. The quantitative estimate of drug-likeness (QED) is 0.826. The van der Waals surface area contributed by atoms with Crippen molar-refractivity contribution in [3.63, 3.8) is 0 Å². The number of amides is 1. The Morgan fingerprint density at radius 1 is 1.30 bits per heavy atom. The molecule has 4 heteroatoms. The summed E-state index contributed by atoms with van der Waals surface area (Å²) in [4.78, 5) is 12.7. The van der Waals surface area contributed by atoms with Crippen molar-refractivity contribution in [2.75, 3.05) is 24.3 Å². The highest BCUT2D eigenvalue weighted by Crippen LogP contribution is 2.44. The summed E-state index contributed by atoms with van der Waals surface area (Å²) < 4.78 is 5.35. The molecule has 1 aliphatic carbocycles. The monoisotopic (exact) mass is 274 g/mol. The van der Waals surface area contributed by atoms with Crippen LogP contribution in [0.4, 0.5) is 11.4 Å². The minimum Gasteiger partial charge on any atom is -0.494 e. The lowest BCUT2D eigenvalue weighted by Crippen LogP contribution is -2.42. The molecule has 20 heavy (non-hydrogen) atoms. The third-order valence-electron chi connectivity index (χ3n) is 4.81. The Morgan fingerprint density at radius 3 is 2.75 bits per heavy atom. The van der Waals surface area contributed by atoms with Crippen LogP contribution in [0.1, 0.15) is 32.6 Å². The van der Waals surface area contributed by atoms with Gasteiger partial charge in [0.1, 0.15) is 11.4 Å². The highest BCUT2D eigenvalue weighted by Gasteiger charge is 2.42. The van der Waals surface area contributed by atoms with Crippen LogP contribution in [0.3, 0.4) is 0 Å². The first-order valence-corrected chi connectivity index (χ1v) is 7.37. The first-order valence-electron chi connectivity index (χ1n) is 7.37. The molecule has 1 aromatic rings.